The third kappa shape index (κ3) is 3.90. The smallest absolute Gasteiger partial charge is 0.344 e. The van der Waals surface area contributed by atoms with E-state index < -0.39 is 46.9 Å². The van der Waals surface area contributed by atoms with E-state index in [1.807, 2.05) is 0 Å². The highest BCUT2D eigenvalue weighted by atomic mass is 19.2. The molecule has 0 aliphatic carbocycles. The summed E-state index contributed by atoms with van der Waals surface area (Å²) < 4.78 is 83.7. The third-order valence-corrected chi connectivity index (χ3v) is 5.20. The number of halogens is 5. The molecule has 4 aromatic rings. The van der Waals surface area contributed by atoms with Gasteiger partial charge in [-0.3, -0.25) is 0 Å². The summed E-state index contributed by atoms with van der Waals surface area (Å²) >= 11 is 0. The van der Waals surface area contributed by atoms with E-state index in [0.29, 0.717) is 27.8 Å². The Morgan fingerprint density at radius 3 is 2.00 bits per heavy atom. The van der Waals surface area contributed by atoms with Gasteiger partial charge < -0.3 is 13.9 Å². The lowest BCUT2D eigenvalue weighted by Gasteiger charge is -2.12. The molecule has 33 heavy (non-hydrogen) atoms. The first kappa shape index (κ1) is 22.3. The molecule has 0 aliphatic rings. The Hall–Kier alpha value is -3.88. The van der Waals surface area contributed by atoms with E-state index in [1.54, 1.807) is 31.2 Å². The number of hydrogen-bond acceptors (Lipinski definition) is 4. The van der Waals surface area contributed by atoms with Crippen molar-refractivity contribution in [2.24, 2.45) is 0 Å². The Morgan fingerprint density at radius 2 is 1.39 bits per heavy atom. The summed E-state index contributed by atoms with van der Waals surface area (Å²) in [6, 6.07) is 11.0. The standard InChI is InChI=1S/C24H15F5O4/c1-11-15-9-14(32-10-16-19(25)21(27)23(29)22(28)20(16)26)7-8-17(15)33-24(30)18(11)12-3-5-13(31-2)6-4-12/h3-9H,10H2,1-2H3. The minimum absolute atomic E-state index is 0.0732. The fraction of sp³-hybridized carbons (Fsp3) is 0.125. The van der Waals surface area contributed by atoms with E-state index in [9.17, 15) is 26.7 Å². The van der Waals surface area contributed by atoms with Crippen molar-refractivity contribution in [2.45, 2.75) is 13.5 Å². The quantitative estimate of drug-likeness (QED) is 0.157. The van der Waals surface area contributed by atoms with Crippen LogP contribution in [-0.2, 0) is 6.61 Å². The van der Waals surface area contributed by atoms with Gasteiger partial charge in [0.15, 0.2) is 23.3 Å². The topological polar surface area (TPSA) is 48.7 Å². The molecule has 170 valence electrons. The van der Waals surface area contributed by atoms with Crippen molar-refractivity contribution in [3.8, 4) is 22.6 Å². The average Bonchev–Trinajstić information content (AvgIpc) is 2.82. The number of benzene rings is 3. The first-order valence-electron chi connectivity index (χ1n) is 9.58. The highest BCUT2D eigenvalue weighted by molar-refractivity contribution is 5.87. The van der Waals surface area contributed by atoms with Crippen molar-refractivity contribution in [2.75, 3.05) is 7.11 Å². The van der Waals surface area contributed by atoms with Crippen LogP contribution in [0.25, 0.3) is 22.1 Å². The van der Waals surface area contributed by atoms with Crippen molar-refractivity contribution >= 4 is 11.0 Å². The molecule has 9 heteroatoms. The number of ether oxygens (including phenoxy) is 2. The fourth-order valence-electron chi connectivity index (χ4n) is 3.44. The molecule has 0 bridgehead atoms. The molecule has 1 heterocycles. The molecule has 0 atom stereocenters. The zero-order valence-corrected chi connectivity index (χ0v) is 17.3. The van der Waals surface area contributed by atoms with Crippen molar-refractivity contribution in [3.63, 3.8) is 0 Å². The highest BCUT2D eigenvalue weighted by Crippen LogP contribution is 2.31. The molecule has 0 unspecified atom stereocenters. The van der Waals surface area contributed by atoms with E-state index in [1.165, 1.54) is 25.3 Å². The van der Waals surface area contributed by atoms with Crippen LogP contribution >= 0.6 is 0 Å². The highest BCUT2D eigenvalue weighted by Gasteiger charge is 2.26. The molecule has 0 saturated carbocycles. The molecule has 1 aromatic heterocycles. The van der Waals surface area contributed by atoms with Crippen LogP contribution in [0.1, 0.15) is 11.1 Å². The van der Waals surface area contributed by atoms with Gasteiger partial charge in [0.2, 0.25) is 5.82 Å². The van der Waals surface area contributed by atoms with Crippen molar-refractivity contribution in [1.82, 2.24) is 0 Å². The normalized spacial score (nSPS) is 11.1. The Kier molecular flexibility index (Phi) is 5.80. The van der Waals surface area contributed by atoms with Gasteiger partial charge in [-0.2, -0.15) is 0 Å². The van der Waals surface area contributed by atoms with Crippen LogP contribution in [0.3, 0.4) is 0 Å². The summed E-state index contributed by atoms with van der Waals surface area (Å²) in [7, 11) is 1.51. The van der Waals surface area contributed by atoms with Gasteiger partial charge in [-0.1, -0.05) is 12.1 Å². The number of fused-ring (bicyclic) bond motifs is 1. The van der Waals surface area contributed by atoms with Crippen LogP contribution in [0.2, 0.25) is 0 Å². The minimum atomic E-state index is -2.24. The predicted molar refractivity (Wildman–Crippen MR) is 110 cm³/mol. The second kappa shape index (κ2) is 8.57. The van der Waals surface area contributed by atoms with Crippen molar-refractivity contribution in [1.29, 1.82) is 0 Å². The van der Waals surface area contributed by atoms with Gasteiger partial charge in [0, 0.05) is 5.39 Å². The molecule has 3 aromatic carbocycles. The number of hydrogen-bond donors (Lipinski definition) is 0. The summed E-state index contributed by atoms with van der Waals surface area (Å²) in [6.07, 6.45) is 0. The number of methoxy groups -OCH3 is 1. The van der Waals surface area contributed by atoms with Crippen LogP contribution in [0.4, 0.5) is 22.0 Å². The van der Waals surface area contributed by atoms with E-state index in [0.717, 1.165) is 0 Å². The third-order valence-electron chi connectivity index (χ3n) is 5.20. The van der Waals surface area contributed by atoms with Crippen LogP contribution in [0, 0.1) is 36.0 Å². The van der Waals surface area contributed by atoms with Crippen LogP contribution < -0.4 is 15.1 Å². The first-order chi connectivity index (χ1) is 15.7. The SMILES string of the molecule is COc1ccc(-c2c(C)c3cc(OCc4c(F)c(F)c(F)c(F)c4F)ccc3oc2=O)cc1. The molecule has 4 rings (SSSR count). The summed E-state index contributed by atoms with van der Waals surface area (Å²) in [5, 5.41) is 0.468. The Morgan fingerprint density at radius 1 is 0.818 bits per heavy atom. The predicted octanol–water partition coefficient (Wildman–Crippen LogP) is 6.05. The lowest BCUT2D eigenvalue weighted by atomic mass is 9.99. The lowest BCUT2D eigenvalue weighted by Crippen LogP contribution is -2.10. The second-order valence-corrected chi connectivity index (χ2v) is 7.11. The van der Waals surface area contributed by atoms with Crippen LogP contribution in [0.15, 0.2) is 51.7 Å². The zero-order valence-electron chi connectivity index (χ0n) is 17.3. The summed E-state index contributed by atoms with van der Waals surface area (Å²) in [6.45, 7) is 0.783. The summed E-state index contributed by atoms with van der Waals surface area (Å²) in [5.41, 5.74) is -0.00726. The van der Waals surface area contributed by atoms with Gasteiger partial charge in [0.05, 0.1) is 18.2 Å². The Labute approximate surface area is 183 Å². The molecule has 4 nitrogen and oxygen atoms in total. The van der Waals surface area contributed by atoms with Gasteiger partial charge in [0.25, 0.3) is 0 Å². The molecular formula is C24H15F5O4. The van der Waals surface area contributed by atoms with Crippen molar-refractivity contribution < 1.29 is 35.8 Å². The Bertz CT molecular complexity index is 1400. The van der Waals surface area contributed by atoms with E-state index in [-0.39, 0.29) is 11.3 Å². The lowest BCUT2D eigenvalue weighted by molar-refractivity contribution is 0.279. The number of aryl methyl sites for hydroxylation is 1. The second-order valence-electron chi connectivity index (χ2n) is 7.11. The largest absolute Gasteiger partial charge is 0.497 e. The Balaban J connectivity index is 1.72. The fourth-order valence-corrected chi connectivity index (χ4v) is 3.44. The molecule has 0 N–H and O–H groups in total. The molecule has 0 amide bonds. The average molecular weight is 462 g/mol. The molecule has 0 saturated heterocycles. The maximum absolute atomic E-state index is 13.9. The van der Waals surface area contributed by atoms with Gasteiger partial charge in [0.1, 0.15) is 23.7 Å². The number of rotatable bonds is 5. The first-order valence-corrected chi connectivity index (χ1v) is 9.58. The van der Waals surface area contributed by atoms with Crippen LogP contribution in [-0.4, -0.2) is 7.11 Å². The summed E-state index contributed by atoms with van der Waals surface area (Å²) in [4.78, 5) is 12.6. The molecule has 0 aliphatic heterocycles. The van der Waals surface area contributed by atoms with Gasteiger partial charge in [-0.05, 0) is 48.4 Å². The van der Waals surface area contributed by atoms with Crippen molar-refractivity contribution in [3.05, 3.63) is 93.1 Å². The van der Waals surface area contributed by atoms with Gasteiger partial charge in [-0.25, -0.2) is 26.7 Å². The van der Waals surface area contributed by atoms with Gasteiger partial charge in [-0.15, -0.1) is 0 Å². The summed E-state index contributed by atoms with van der Waals surface area (Å²) in [5.74, 6) is -9.58. The zero-order chi connectivity index (χ0) is 23.9. The monoisotopic (exact) mass is 462 g/mol. The van der Waals surface area contributed by atoms with E-state index >= 15 is 0 Å². The minimum Gasteiger partial charge on any atom is -0.497 e. The van der Waals surface area contributed by atoms with E-state index in [4.69, 9.17) is 13.9 Å². The van der Waals surface area contributed by atoms with Crippen LogP contribution in [0.5, 0.6) is 11.5 Å². The molecule has 0 fully saturated rings. The van der Waals surface area contributed by atoms with E-state index in [2.05, 4.69) is 0 Å². The molecule has 0 spiro atoms. The maximum atomic E-state index is 13.9. The molecule has 0 radical (unpaired) electrons. The maximum Gasteiger partial charge on any atom is 0.344 e. The van der Waals surface area contributed by atoms with Gasteiger partial charge >= 0.3 is 5.63 Å². The molecular weight excluding hydrogens is 447 g/mol.